The van der Waals surface area contributed by atoms with Crippen LogP contribution >= 0.6 is 23.2 Å². The molecule has 1 fully saturated rings. The van der Waals surface area contributed by atoms with Crippen molar-refractivity contribution in [3.05, 3.63) is 45.5 Å². The van der Waals surface area contributed by atoms with Gasteiger partial charge in [0.25, 0.3) is 5.69 Å². The molecule has 1 aromatic rings. The second-order valence-corrected chi connectivity index (χ2v) is 5.83. The van der Waals surface area contributed by atoms with Crippen LogP contribution in [0.2, 0.25) is 0 Å². The average molecular weight is 344 g/mol. The number of benzene rings is 1. The van der Waals surface area contributed by atoms with Gasteiger partial charge in [0.1, 0.15) is 5.75 Å². The maximum atomic E-state index is 12.3. The second kappa shape index (κ2) is 7.61. The molecule has 0 N–H and O–H groups in total. The number of carbonyl (C=O) groups is 1. The maximum absolute atomic E-state index is 12.3. The van der Waals surface area contributed by atoms with Gasteiger partial charge in [0.05, 0.1) is 16.2 Å². The lowest BCUT2D eigenvalue weighted by molar-refractivity contribution is -0.384. The Labute approximate surface area is 138 Å². The summed E-state index contributed by atoms with van der Waals surface area (Å²) in [5.41, 5.74) is 1.98. The van der Waals surface area contributed by atoms with Crippen LogP contribution in [0.4, 0.5) is 5.69 Å². The van der Waals surface area contributed by atoms with Crippen molar-refractivity contribution in [1.82, 2.24) is 0 Å². The molecular weight excluding hydrogens is 329 g/mol. The highest BCUT2D eigenvalue weighted by Gasteiger charge is 2.31. The predicted molar refractivity (Wildman–Crippen MR) is 84.3 cm³/mol. The Bertz CT molecular complexity index is 586. The van der Waals surface area contributed by atoms with E-state index in [1.54, 1.807) is 0 Å². The first-order valence-corrected chi connectivity index (χ1v) is 7.80. The zero-order chi connectivity index (χ0) is 16.1. The first-order valence-electron chi connectivity index (χ1n) is 6.93. The summed E-state index contributed by atoms with van der Waals surface area (Å²) in [5, 5.41) is 10.3. The number of non-ortho nitro benzene ring substituents is 1. The molecule has 0 aromatic heterocycles. The molecule has 0 spiro atoms. The Balaban J connectivity index is 2.11. The van der Waals surface area contributed by atoms with Gasteiger partial charge in [-0.25, -0.2) is 0 Å². The molecule has 0 amide bonds. The highest BCUT2D eigenvalue weighted by molar-refractivity contribution is 6.28. The highest BCUT2D eigenvalue weighted by atomic mass is 35.5. The largest absolute Gasteiger partial charge is 0.426 e. The van der Waals surface area contributed by atoms with Crippen LogP contribution in [0.15, 0.2) is 35.4 Å². The summed E-state index contributed by atoms with van der Waals surface area (Å²) in [6, 6.07) is 5.38. The van der Waals surface area contributed by atoms with Gasteiger partial charge in [-0.05, 0) is 30.5 Å². The van der Waals surface area contributed by atoms with E-state index in [1.807, 2.05) is 0 Å². The van der Waals surface area contributed by atoms with Crippen molar-refractivity contribution in [3.63, 3.8) is 0 Å². The summed E-state index contributed by atoms with van der Waals surface area (Å²) in [5.74, 6) is -0.647. The van der Waals surface area contributed by atoms with Crippen LogP contribution in [0.1, 0.15) is 25.7 Å². The van der Waals surface area contributed by atoms with Crippen LogP contribution in [-0.2, 0) is 4.79 Å². The number of ether oxygens (including phenoxy) is 1. The van der Waals surface area contributed by atoms with E-state index in [0.717, 1.165) is 19.3 Å². The monoisotopic (exact) mass is 343 g/mol. The molecule has 22 heavy (non-hydrogen) atoms. The van der Waals surface area contributed by atoms with Gasteiger partial charge in [-0.15, -0.1) is 11.6 Å². The summed E-state index contributed by atoms with van der Waals surface area (Å²) >= 11 is 12.1. The van der Waals surface area contributed by atoms with Crippen LogP contribution in [0, 0.1) is 16.0 Å². The van der Waals surface area contributed by atoms with Crippen LogP contribution in [0.3, 0.4) is 0 Å². The number of carbonyl (C=O) groups excluding carboxylic acids is 1. The van der Waals surface area contributed by atoms with Crippen molar-refractivity contribution < 1.29 is 14.5 Å². The number of nitro groups is 1. The Hall–Kier alpha value is -1.59. The minimum absolute atomic E-state index is 0.0589. The van der Waals surface area contributed by atoms with Crippen molar-refractivity contribution in [1.29, 1.82) is 0 Å². The molecule has 1 saturated carbocycles. The fourth-order valence-electron chi connectivity index (χ4n) is 2.45. The molecule has 1 aliphatic carbocycles. The van der Waals surface area contributed by atoms with Crippen molar-refractivity contribution in [2.45, 2.75) is 31.1 Å². The lowest BCUT2D eigenvalue weighted by Crippen LogP contribution is -2.24. The Morgan fingerprint density at radius 3 is 2.50 bits per heavy atom. The molecule has 2 atom stereocenters. The van der Waals surface area contributed by atoms with Crippen molar-refractivity contribution in [2.24, 2.45) is 5.92 Å². The van der Waals surface area contributed by atoms with Crippen LogP contribution in [-0.4, -0.2) is 16.3 Å². The number of hydrogen-bond acceptors (Lipinski definition) is 4. The minimum Gasteiger partial charge on any atom is -0.426 e. The molecule has 0 heterocycles. The maximum Gasteiger partial charge on any atom is 0.318 e. The van der Waals surface area contributed by atoms with Crippen molar-refractivity contribution in [2.75, 3.05) is 0 Å². The molecule has 1 aliphatic rings. The molecule has 1 aromatic carbocycles. The highest BCUT2D eigenvalue weighted by Crippen LogP contribution is 2.33. The van der Waals surface area contributed by atoms with E-state index in [4.69, 9.17) is 27.9 Å². The lowest BCUT2D eigenvalue weighted by atomic mass is 9.95. The van der Waals surface area contributed by atoms with Gasteiger partial charge in [-0.1, -0.05) is 24.4 Å². The molecule has 0 bridgehead atoms. The third-order valence-corrected chi connectivity index (χ3v) is 4.36. The van der Waals surface area contributed by atoms with E-state index in [9.17, 15) is 14.9 Å². The number of hydrogen-bond donors (Lipinski definition) is 0. The normalized spacial score (nSPS) is 23.8. The lowest BCUT2D eigenvalue weighted by Gasteiger charge is -2.18. The van der Waals surface area contributed by atoms with E-state index in [0.29, 0.717) is 12.0 Å². The number of esters is 1. The van der Waals surface area contributed by atoms with E-state index in [2.05, 4.69) is 0 Å². The summed E-state index contributed by atoms with van der Waals surface area (Å²) in [4.78, 5) is 22.4. The molecule has 0 radical (unpaired) electrons. The average Bonchev–Trinajstić information content (AvgIpc) is 2.69. The van der Waals surface area contributed by atoms with Crippen LogP contribution in [0.25, 0.3) is 0 Å². The Morgan fingerprint density at radius 1 is 1.27 bits per heavy atom. The van der Waals surface area contributed by atoms with Gasteiger partial charge in [-0.2, -0.15) is 0 Å². The zero-order valence-corrected chi connectivity index (χ0v) is 13.2. The van der Waals surface area contributed by atoms with Gasteiger partial charge in [0.2, 0.25) is 0 Å². The standard InChI is InChI=1S/C15H15Cl2NO4/c16-9-13-12(3-1-2-4-14(13)17)15(19)22-11-7-5-10(6-8-11)18(20)21/h5-9,12,14H,1-4H2/b13-9+/t12-,14+/m1/s1. The number of rotatable bonds is 3. The van der Waals surface area contributed by atoms with Crippen molar-refractivity contribution in [3.8, 4) is 5.75 Å². The predicted octanol–water partition coefficient (Wildman–Crippen LogP) is 4.42. The first kappa shape index (κ1) is 16.8. The number of nitrogens with zero attached hydrogens (tertiary/aromatic N) is 1. The summed E-state index contributed by atoms with van der Waals surface area (Å²) < 4.78 is 5.30. The van der Waals surface area contributed by atoms with E-state index in [-0.39, 0.29) is 16.8 Å². The molecule has 0 saturated heterocycles. The molecule has 5 nitrogen and oxygen atoms in total. The molecule has 0 aliphatic heterocycles. The first-order chi connectivity index (χ1) is 10.5. The topological polar surface area (TPSA) is 69.4 Å². The zero-order valence-electron chi connectivity index (χ0n) is 11.7. The summed E-state index contributed by atoms with van der Waals surface area (Å²) in [7, 11) is 0. The number of alkyl halides is 1. The van der Waals surface area contributed by atoms with Gasteiger partial charge >= 0.3 is 5.97 Å². The number of nitro benzene ring substituents is 1. The van der Waals surface area contributed by atoms with Crippen LogP contribution in [0.5, 0.6) is 5.75 Å². The summed E-state index contributed by atoms with van der Waals surface area (Å²) in [6.45, 7) is 0. The molecule has 7 heteroatoms. The van der Waals surface area contributed by atoms with Crippen LogP contribution < -0.4 is 4.74 Å². The Kier molecular flexibility index (Phi) is 5.80. The smallest absolute Gasteiger partial charge is 0.318 e. The SMILES string of the molecule is O=C(Oc1ccc([N+](=O)[O-])cc1)[C@@H]1CCCC[C@H](Cl)/C1=C/Cl. The Morgan fingerprint density at radius 2 is 1.91 bits per heavy atom. The van der Waals surface area contributed by atoms with E-state index in [1.165, 1.54) is 29.8 Å². The quantitative estimate of drug-likeness (QED) is 0.203. The van der Waals surface area contributed by atoms with Gasteiger partial charge in [-0.3, -0.25) is 14.9 Å². The molecule has 2 rings (SSSR count). The third kappa shape index (κ3) is 3.99. The minimum atomic E-state index is -0.511. The van der Waals surface area contributed by atoms with Gasteiger partial charge in [0.15, 0.2) is 0 Å². The molecule has 118 valence electrons. The third-order valence-electron chi connectivity index (χ3n) is 3.64. The second-order valence-electron chi connectivity index (χ2n) is 5.09. The summed E-state index contributed by atoms with van der Waals surface area (Å²) in [6.07, 6.45) is 3.22. The molecule has 0 unspecified atom stereocenters. The van der Waals surface area contributed by atoms with Gasteiger partial charge < -0.3 is 4.74 Å². The number of halogens is 2. The van der Waals surface area contributed by atoms with Gasteiger partial charge in [0, 0.05) is 17.7 Å². The molecular formula is C15H15Cl2NO4. The van der Waals surface area contributed by atoms with Crippen molar-refractivity contribution >= 4 is 34.9 Å². The fourth-order valence-corrected chi connectivity index (χ4v) is 3.18. The van der Waals surface area contributed by atoms with E-state index >= 15 is 0 Å². The van der Waals surface area contributed by atoms with E-state index < -0.39 is 16.8 Å². The fraction of sp³-hybridized carbons (Fsp3) is 0.400.